The highest BCUT2D eigenvalue weighted by atomic mass is 32.1. The van der Waals surface area contributed by atoms with Gasteiger partial charge in [-0.1, -0.05) is 42.5 Å². The fourth-order valence-electron chi connectivity index (χ4n) is 4.28. The van der Waals surface area contributed by atoms with Gasteiger partial charge in [0, 0.05) is 6.54 Å². The molecule has 3 aromatic rings. The molecule has 29 heavy (non-hydrogen) atoms. The Morgan fingerprint density at radius 2 is 1.90 bits per heavy atom. The van der Waals surface area contributed by atoms with Gasteiger partial charge in [-0.2, -0.15) is 0 Å². The van der Waals surface area contributed by atoms with Crippen molar-refractivity contribution >= 4 is 33.5 Å². The smallest absolute Gasteiger partial charge is 0.319 e. The monoisotopic (exact) mass is 406 g/mol. The summed E-state index contributed by atoms with van der Waals surface area (Å²) < 4.78 is 1.17. The minimum atomic E-state index is -1.02. The molecule has 0 radical (unpaired) electrons. The number of hydrogen-bond donors (Lipinski definition) is 1. The molecule has 3 amide bonds. The highest BCUT2D eigenvalue weighted by Crippen LogP contribution is 2.37. The number of amides is 3. The predicted molar refractivity (Wildman–Crippen MR) is 112 cm³/mol. The second kappa shape index (κ2) is 6.93. The van der Waals surface area contributed by atoms with E-state index in [4.69, 9.17) is 4.98 Å². The Labute approximate surface area is 173 Å². The number of aromatic nitrogens is 1. The Morgan fingerprint density at radius 3 is 2.69 bits per heavy atom. The number of rotatable bonds is 4. The zero-order chi connectivity index (χ0) is 20.0. The number of imide groups is 1. The summed E-state index contributed by atoms with van der Waals surface area (Å²) in [5.74, 6) is -0.205. The first-order valence-corrected chi connectivity index (χ1v) is 10.7. The summed E-state index contributed by atoms with van der Waals surface area (Å²) in [5.41, 5.74) is 0.777. The molecule has 148 valence electrons. The third-order valence-electron chi connectivity index (χ3n) is 5.91. The lowest BCUT2D eigenvalue weighted by Gasteiger charge is -2.27. The van der Waals surface area contributed by atoms with Crippen molar-refractivity contribution in [2.24, 2.45) is 0 Å². The van der Waals surface area contributed by atoms with E-state index in [1.807, 2.05) is 48.5 Å². The standard InChI is InChI=1S/C22H22N4O2S/c1-22(15-8-3-2-4-9-15)20(27)26(21(28)24-22)14-25-13-7-11-17(25)19-23-16-10-5-6-12-18(16)29-19/h2-6,8-10,12,17H,7,11,13-14H2,1H3,(H,24,28)/t17-,22-/m0/s1. The first-order chi connectivity index (χ1) is 14.1. The van der Waals surface area contributed by atoms with Gasteiger partial charge in [-0.25, -0.2) is 14.7 Å². The molecule has 3 heterocycles. The van der Waals surface area contributed by atoms with Crippen LogP contribution in [-0.4, -0.2) is 39.9 Å². The summed E-state index contributed by atoms with van der Waals surface area (Å²) >= 11 is 1.70. The van der Waals surface area contributed by atoms with Gasteiger partial charge in [0.1, 0.15) is 10.5 Å². The van der Waals surface area contributed by atoms with Crippen LogP contribution in [-0.2, 0) is 10.3 Å². The van der Waals surface area contributed by atoms with Crippen LogP contribution in [0.25, 0.3) is 10.2 Å². The molecule has 5 rings (SSSR count). The Balaban J connectivity index is 1.39. The molecule has 1 aromatic heterocycles. The summed E-state index contributed by atoms with van der Waals surface area (Å²) in [6.07, 6.45) is 2.01. The van der Waals surface area contributed by atoms with Gasteiger partial charge < -0.3 is 5.32 Å². The summed E-state index contributed by atoms with van der Waals surface area (Å²) in [5, 5.41) is 3.95. The zero-order valence-corrected chi connectivity index (χ0v) is 17.0. The third-order valence-corrected chi connectivity index (χ3v) is 7.05. The van der Waals surface area contributed by atoms with E-state index in [0.717, 1.165) is 35.5 Å². The second-order valence-electron chi connectivity index (χ2n) is 7.79. The minimum Gasteiger partial charge on any atom is -0.319 e. The number of urea groups is 1. The molecule has 2 aliphatic heterocycles. The number of carbonyl (C=O) groups is 2. The molecule has 0 aliphatic carbocycles. The maximum Gasteiger partial charge on any atom is 0.326 e. The lowest BCUT2D eigenvalue weighted by Crippen LogP contribution is -2.43. The van der Waals surface area contributed by atoms with Crippen LogP contribution < -0.4 is 5.32 Å². The van der Waals surface area contributed by atoms with Gasteiger partial charge >= 0.3 is 6.03 Å². The number of fused-ring (bicyclic) bond motifs is 1. The van der Waals surface area contributed by atoms with Crippen molar-refractivity contribution in [2.75, 3.05) is 13.2 Å². The normalized spacial score (nSPS) is 25.1. The van der Waals surface area contributed by atoms with Gasteiger partial charge in [-0.15, -0.1) is 11.3 Å². The summed E-state index contributed by atoms with van der Waals surface area (Å²) in [4.78, 5) is 34.3. The summed E-state index contributed by atoms with van der Waals surface area (Å²) in [6, 6.07) is 17.3. The first-order valence-electron chi connectivity index (χ1n) is 9.85. The molecule has 0 unspecified atom stereocenters. The molecule has 0 spiro atoms. The number of para-hydroxylation sites is 1. The van der Waals surface area contributed by atoms with E-state index in [1.165, 1.54) is 9.60 Å². The van der Waals surface area contributed by atoms with E-state index in [9.17, 15) is 9.59 Å². The maximum atomic E-state index is 13.2. The van der Waals surface area contributed by atoms with Crippen LogP contribution in [0.1, 0.15) is 36.4 Å². The van der Waals surface area contributed by atoms with E-state index in [2.05, 4.69) is 16.3 Å². The average molecular weight is 407 g/mol. The van der Waals surface area contributed by atoms with Crippen LogP contribution in [0.2, 0.25) is 0 Å². The van der Waals surface area contributed by atoms with Crippen molar-refractivity contribution in [3.63, 3.8) is 0 Å². The van der Waals surface area contributed by atoms with Gasteiger partial charge in [-0.05, 0) is 37.5 Å². The third kappa shape index (κ3) is 3.01. The molecule has 2 aromatic carbocycles. The molecule has 0 saturated carbocycles. The summed E-state index contributed by atoms with van der Waals surface area (Å²) in [7, 11) is 0. The fraction of sp³-hybridized carbons (Fsp3) is 0.318. The quantitative estimate of drug-likeness (QED) is 0.668. The molecule has 2 aliphatic rings. The van der Waals surface area contributed by atoms with Crippen LogP contribution in [0.3, 0.4) is 0 Å². The molecule has 0 bridgehead atoms. The van der Waals surface area contributed by atoms with Crippen molar-refractivity contribution in [3.8, 4) is 0 Å². The number of likely N-dealkylation sites (tertiary alicyclic amines) is 1. The Morgan fingerprint density at radius 1 is 1.14 bits per heavy atom. The van der Waals surface area contributed by atoms with E-state index >= 15 is 0 Å². The fourth-order valence-corrected chi connectivity index (χ4v) is 5.42. The van der Waals surface area contributed by atoms with Crippen molar-refractivity contribution in [1.29, 1.82) is 0 Å². The van der Waals surface area contributed by atoms with Crippen molar-refractivity contribution < 1.29 is 9.59 Å². The summed E-state index contributed by atoms with van der Waals surface area (Å²) in [6.45, 7) is 2.91. The predicted octanol–water partition coefficient (Wildman–Crippen LogP) is 3.86. The number of benzene rings is 2. The molecule has 2 saturated heterocycles. The van der Waals surface area contributed by atoms with Crippen LogP contribution >= 0.6 is 11.3 Å². The first kappa shape index (κ1) is 18.3. The van der Waals surface area contributed by atoms with E-state index in [1.54, 1.807) is 18.3 Å². The van der Waals surface area contributed by atoms with Gasteiger partial charge in [-0.3, -0.25) is 9.69 Å². The number of hydrogen-bond acceptors (Lipinski definition) is 5. The van der Waals surface area contributed by atoms with E-state index < -0.39 is 5.54 Å². The molecule has 2 fully saturated rings. The van der Waals surface area contributed by atoms with Gasteiger partial charge in [0.05, 0.1) is 22.9 Å². The topological polar surface area (TPSA) is 65.5 Å². The highest BCUT2D eigenvalue weighted by molar-refractivity contribution is 7.18. The average Bonchev–Trinajstić information content (AvgIpc) is 3.42. The van der Waals surface area contributed by atoms with Crippen LogP contribution in [0.4, 0.5) is 4.79 Å². The van der Waals surface area contributed by atoms with Gasteiger partial charge in [0.2, 0.25) is 0 Å². The van der Waals surface area contributed by atoms with Gasteiger partial charge in [0.15, 0.2) is 0 Å². The van der Waals surface area contributed by atoms with Crippen molar-refractivity contribution in [1.82, 2.24) is 20.1 Å². The number of nitrogens with one attached hydrogen (secondary N) is 1. The van der Waals surface area contributed by atoms with Crippen LogP contribution in [0, 0.1) is 0 Å². The van der Waals surface area contributed by atoms with Crippen molar-refractivity contribution in [2.45, 2.75) is 31.3 Å². The maximum absolute atomic E-state index is 13.2. The van der Waals surface area contributed by atoms with Gasteiger partial charge in [0.25, 0.3) is 5.91 Å². The molecular weight excluding hydrogens is 384 g/mol. The largest absolute Gasteiger partial charge is 0.326 e. The lowest BCUT2D eigenvalue weighted by atomic mass is 9.92. The van der Waals surface area contributed by atoms with Crippen LogP contribution in [0.15, 0.2) is 54.6 Å². The Bertz CT molecular complexity index is 1050. The van der Waals surface area contributed by atoms with E-state index in [0.29, 0.717) is 0 Å². The lowest BCUT2D eigenvalue weighted by molar-refractivity contribution is -0.132. The molecule has 6 nitrogen and oxygen atoms in total. The molecular formula is C22H22N4O2S. The minimum absolute atomic E-state index is 0.136. The SMILES string of the molecule is C[C@@]1(c2ccccc2)NC(=O)N(CN2CCC[C@H]2c2nc3ccccc3s2)C1=O. The number of carbonyl (C=O) groups excluding carboxylic acids is 2. The zero-order valence-electron chi connectivity index (χ0n) is 16.2. The second-order valence-corrected chi connectivity index (χ2v) is 8.85. The molecule has 7 heteroatoms. The Kier molecular flexibility index (Phi) is 4.37. The molecule has 1 N–H and O–H groups in total. The number of nitrogens with zero attached hydrogens (tertiary/aromatic N) is 3. The highest BCUT2D eigenvalue weighted by Gasteiger charge is 2.50. The Hall–Kier alpha value is -2.77. The van der Waals surface area contributed by atoms with Crippen LogP contribution in [0.5, 0.6) is 0 Å². The van der Waals surface area contributed by atoms with E-state index in [-0.39, 0.29) is 24.6 Å². The number of thiazole rings is 1. The van der Waals surface area contributed by atoms with Crippen molar-refractivity contribution in [3.05, 3.63) is 65.2 Å². The molecule has 2 atom stereocenters.